The molecule has 0 unspecified atom stereocenters. The van der Waals surface area contributed by atoms with E-state index in [0.29, 0.717) is 0 Å². The van der Waals surface area contributed by atoms with E-state index in [1.165, 1.54) is 25.7 Å². The van der Waals surface area contributed by atoms with E-state index in [2.05, 4.69) is 24.3 Å². The molecule has 0 aromatic heterocycles. The minimum Gasteiger partial charge on any atom is -0.741 e. The third kappa shape index (κ3) is 22.7. The molecule has 0 atom stereocenters. The molecule has 0 aromatic rings. The predicted molar refractivity (Wildman–Crippen MR) is 84.0 cm³/mol. The van der Waals surface area contributed by atoms with Crippen LogP contribution in [0.2, 0.25) is 0 Å². The van der Waals surface area contributed by atoms with Crippen LogP contribution in [0.3, 0.4) is 0 Å². The molecular weight excluding hydrogens is 646 g/mol. The molecule has 33 heavy (non-hydrogen) atoms. The maximum Gasteiger partial charge on any atom is 3.00 e. The van der Waals surface area contributed by atoms with Gasteiger partial charge in [-0.2, -0.15) is 39.5 Å². The van der Waals surface area contributed by atoms with Crippen LogP contribution in [0.1, 0.15) is 25.7 Å². The average Bonchev–Trinajstić information content (AvgIpc) is 2.41. The summed E-state index contributed by atoms with van der Waals surface area (Å²) in [5.74, 6) is 0. The summed E-state index contributed by atoms with van der Waals surface area (Å²) in [6.45, 7) is 0. The van der Waals surface area contributed by atoms with Gasteiger partial charge in [-0.25, -0.2) is 25.3 Å². The van der Waals surface area contributed by atoms with Gasteiger partial charge in [-0.05, 0) is 25.7 Å². The number of allylic oxidation sites excluding steroid dienone is 4. The minimum atomic E-state index is -6.09. The van der Waals surface area contributed by atoms with Crippen molar-refractivity contribution in [2.75, 3.05) is 0 Å². The summed E-state index contributed by atoms with van der Waals surface area (Å²) in [5.41, 5.74) is -16.9. The largest absolute Gasteiger partial charge is 3.00 e. The van der Waals surface area contributed by atoms with Crippen LogP contribution in [-0.4, -0.2) is 55.4 Å². The van der Waals surface area contributed by atoms with Crippen LogP contribution >= 0.6 is 0 Å². The first-order chi connectivity index (χ1) is 13.8. The fourth-order valence-electron chi connectivity index (χ4n) is 0.856. The van der Waals surface area contributed by atoms with Crippen molar-refractivity contribution >= 4 is 30.4 Å². The van der Waals surface area contributed by atoms with E-state index in [1.54, 1.807) is 0 Å². The molecule has 0 aliphatic heterocycles. The van der Waals surface area contributed by atoms with E-state index < -0.39 is 46.9 Å². The average molecular weight is 658 g/mol. The molecular formula is C11H12F9O9RhS3. The maximum atomic E-state index is 10.7. The molecule has 0 saturated heterocycles. The Hall–Kier alpha value is -0.797. The molecule has 0 saturated carbocycles. The molecule has 0 amide bonds. The molecule has 1 aliphatic rings. The summed E-state index contributed by atoms with van der Waals surface area (Å²) in [6, 6.07) is 0. The van der Waals surface area contributed by atoms with Gasteiger partial charge >= 0.3 is 36.0 Å². The first-order valence-corrected chi connectivity index (χ1v) is 11.3. The van der Waals surface area contributed by atoms with Crippen LogP contribution in [0.25, 0.3) is 0 Å². The summed E-state index contributed by atoms with van der Waals surface area (Å²) < 4.78 is 177. The molecule has 200 valence electrons. The van der Waals surface area contributed by atoms with Crippen LogP contribution in [0.15, 0.2) is 24.3 Å². The van der Waals surface area contributed by atoms with Gasteiger partial charge in [0.05, 0.1) is 0 Å². The van der Waals surface area contributed by atoms with Gasteiger partial charge in [0, 0.05) is 0 Å². The second kappa shape index (κ2) is 15.3. The molecule has 0 spiro atoms. The zero-order valence-corrected chi connectivity index (χ0v) is 19.4. The van der Waals surface area contributed by atoms with Crippen LogP contribution in [-0.2, 0) is 49.8 Å². The second-order valence-electron chi connectivity index (χ2n) is 4.80. The summed E-state index contributed by atoms with van der Waals surface area (Å²) in [4.78, 5) is 0. The van der Waals surface area contributed by atoms with Crippen molar-refractivity contribution in [1.82, 2.24) is 0 Å². The molecule has 9 nitrogen and oxygen atoms in total. The van der Waals surface area contributed by atoms with Gasteiger partial charge < -0.3 is 13.7 Å². The van der Waals surface area contributed by atoms with Gasteiger partial charge in [-0.15, -0.1) is 0 Å². The summed E-state index contributed by atoms with van der Waals surface area (Å²) in [7, 11) is -18.3. The smallest absolute Gasteiger partial charge is 0.741 e. The van der Waals surface area contributed by atoms with Gasteiger partial charge in [0.25, 0.3) is 0 Å². The molecule has 0 fully saturated rings. The fraction of sp³-hybridized carbons (Fsp3) is 0.636. The first-order valence-electron chi connectivity index (χ1n) is 7.11. The Labute approximate surface area is 194 Å². The zero-order valence-electron chi connectivity index (χ0n) is 15.3. The predicted octanol–water partition coefficient (Wildman–Crippen LogP) is 2.82. The van der Waals surface area contributed by atoms with Crippen molar-refractivity contribution in [2.24, 2.45) is 0 Å². The van der Waals surface area contributed by atoms with E-state index in [-0.39, 0.29) is 19.5 Å². The quantitative estimate of drug-likeness (QED) is 0.125. The van der Waals surface area contributed by atoms with Crippen molar-refractivity contribution in [2.45, 2.75) is 42.2 Å². The Balaban J connectivity index is -0.000000168. The van der Waals surface area contributed by atoms with E-state index in [1.807, 2.05) is 0 Å². The van der Waals surface area contributed by atoms with Crippen LogP contribution < -0.4 is 0 Å². The van der Waals surface area contributed by atoms with Gasteiger partial charge in [-0.1, -0.05) is 24.3 Å². The third-order valence-corrected chi connectivity index (χ3v) is 3.88. The molecule has 22 heteroatoms. The Morgan fingerprint density at radius 2 is 0.545 bits per heavy atom. The topological polar surface area (TPSA) is 172 Å². The van der Waals surface area contributed by atoms with Gasteiger partial charge in [0.2, 0.25) is 0 Å². The SMILES string of the molecule is C1=C\CC/C=C\CC/1.O=S(=O)([O-])C(F)(F)F.O=S(=O)([O-])C(F)(F)F.O=S(=O)([O-])C(F)(F)F.[Rh+3]. The standard InChI is InChI=1S/C8H12.3CHF3O3S.Rh/c1-2-4-6-8-7-5-3-1;3*2-1(3,4)8(5,6)7;/h1-2,7-8H,3-6H2;3*(H,5,6,7);/q;;;;+3/p-3/b2-1-,8-7-;;;;. The van der Waals surface area contributed by atoms with Crippen LogP contribution in [0, 0.1) is 0 Å². The molecule has 0 radical (unpaired) electrons. The third-order valence-electron chi connectivity index (χ3n) is 2.18. The van der Waals surface area contributed by atoms with Crippen molar-refractivity contribution in [1.29, 1.82) is 0 Å². The molecule has 1 aliphatic carbocycles. The number of hydrogen-bond acceptors (Lipinski definition) is 9. The van der Waals surface area contributed by atoms with Crippen molar-refractivity contribution in [3.05, 3.63) is 24.3 Å². The number of hydrogen-bond donors (Lipinski definition) is 0. The zero-order chi connectivity index (χ0) is 26.7. The van der Waals surface area contributed by atoms with Gasteiger partial charge in [-0.3, -0.25) is 0 Å². The Morgan fingerprint density at radius 1 is 0.455 bits per heavy atom. The molecule has 0 N–H and O–H groups in total. The van der Waals surface area contributed by atoms with Gasteiger partial charge in [0.1, 0.15) is 0 Å². The van der Waals surface area contributed by atoms with Crippen LogP contribution in [0.4, 0.5) is 39.5 Å². The van der Waals surface area contributed by atoms with Gasteiger partial charge in [0.15, 0.2) is 30.4 Å². The maximum absolute atomic E-state index is 10.7. The van der Waals surface area contributed by atoms with Crippen molar-refractivity contribution < 1.29 is 97.9 Å². The first kappa shape index (κ1) is 39.4. The van der Waals surface area contributed by atoms with E-state index in [9.17, 15) is 39.5 Å². The van der Waals surface area contributed by atoms with E-state index in [0.717, 1.165) is 0 Å². The molecule has 0 aromatic carbocycles. The molecule has 0 bridgehead atoms. The van der Waals surface area contributed by atoms with Crippen LogP contribution in [0.5, 0.6) is 0 Å². The Morgan fingerprint density at radius 3 is 0.606 bits per heavy atom. The molecule has 1 rings (SSSR count). The summed E-state index contributed by atoms with van der Waals surface area (Å²) >= 11 is 0. The minimum absolute atomic E-state index is 0. The normalized spacial score (nSPS) is 17.0. The number of rotatable bonds is 0. The second-order valence-corrected chi connectivity index (χ2v) is 8.91. The fourth-order valence-corrected chi connectivity index (χ4v) is 0.856. The Kier molecular flexibility index (Phi) is 18.2. The van der Waals surface area contributed by atoms with E-state index >= 15 is 0 Å². The summed E-state index contributed by atoms with van der Waals surface area (Å²) in [5, 5.41) is 0. The van der Waals surface area contributed by atoms with E-state index in [4.69, 9.17) is 38.9 Å². The number of halogens is 9. The molecule has 0 heterocycles. The monoisotopic (exact) mass is 658 g/mol. The van der Waals surface area contributed by atoms with Crippen molar-refractivity contribution in [3.63, 3.8) is 0 Å². The van der Waals surface area contributed by atoms with Crippen molar-refractivity contribution in [3.8, 4) is 0 Å². The number of alkyl halides is 9. The Bertz CT molecular complexity index is 791. The summed E-state index contributed by atoms with van der Waals surface area (Å²) in [6.07, 6.45) is 14.0.